The molecule has 3 N–H and O–H groups in total. The van der Waals surface area contributed by atoms with Gasteiger partial charge in [-0.2, -0.15) is 0 Å². The molecule has 2 heterocycles. The van der Waals surface area contributed by atoms with Crippen molar-refractivity contribution < 1.29 is 18.7 Å². The summed E-state index contributed by atoms with van der Waals surface area (Å²) in [7, 11) is 1.54. The van der Waals surface area contributed by atoms with Gasteiger partial charge in [0.15, 0.2) is 6.61 Å². The van der Waals surface area contributed by atoms with Crippen LogP contribution in [0.15, 0.2) is 57.6 Å². The van der Waals surface area contributed by atoms with E-state index in [2.05, 4.69) is 37.2 Å². The molecule has 0 aliphatic carbocycles. The zero-order chi connectivity index (χ0) is 23.7. The van der Waals surface area contributed by atoms with Crippen LogP contribution in [0.25, 0.3) is 16.9 Å². The molecule has 0 bridgehead atoms. The molecule has 170 valence electrons. The topological polar surface area (TPSA) is 90.9 Å². The fourth-order valence-corrected chi connectivity index (χ4v) is 4.65. The van der Waals surface area contributed by atoms with Gasteiger partial charge in [0.1, 0.15) is 34.5 Å². The average molecular weight is 578 g/mol. The molecule has 33 heavy (non-hydrogen) atoms. The van der Waals surface area contributed by atoms with E-state index in [4.69, 9.17) is 20.2 Å². The number of aromatic nitrogens is 2. The van der Waals surface area contributed by atoms with Crippen LogP contribution in [-0.4, -0.2) is 29.0 Å². The second-order valence-corrected chi connectivity index (χ2v) is 8.89. The van der Waals surface area contributed by atoms with Gasteiger partial charge in [0.25, 0.3) is 5.91 Å². The van der Waals surface area contributed by atoms with Crippen molar-refractivity contribution in [2.24, 2.45) is 5.73 Å². The molecule has 10 heteroatoms. The number of hydrogen-bond donors (Lipinski definition) is 2. The molecule has 0 spiro atoms. The first-order chi connectivity index (χ1) is 15.8. The van der Waals surface area contributed by atoms with Crippen LogP contribution in [0, 0.1) is 12.7 Å². The van der Waals surface area contributed by atoms with Gasteiger partial charge in [0.2, 0.25) is 0 Å². The zero-order valence-electron chi connectivity index (χ0n) is 17.7. The Bertz CT molecular complexity index is 1350. The van der Waals surface area contributed by atoms with E-state index < -0.39 is 11.7 Å². The molecular formula is C23H19Br2FN4O3. The molecule has 4 aromatic rings. The standard InChI is InChI=1S/C23H19Br2FN4O3/c1-12-8-14(32-2)9-17(33-11-18(27)31)20(12)22-23(29-21-15(24)4-3-5-16(21)25)30-10-13(26)6-7-19(30)28-22/h3-10,29H,11H2,1-2H3,(H2,27,31). The van der Waals surface area contributed by atoms with E-state index in [1.807, 2.05) is 31.2 Å². The first-order valence-corrected chi connectivity index (χ1v) is 11.4. The maximum Gasteiger partial charge on any atom is 0.255 e. The fraction of sp³-hybridized carbons (Fsp3) is 0.130. The number of fused-ring (bicyclic) bond motifs is 1. The van der Waals surface area contributed by atoms with E-state index in [1.54, 1.807) is 16.5 Å². The molecule has 0 radical (unpaired) electrons. The maximum absolute atomic E-state index is 14.2. The van der Waals surface area contributed by atoms with Crippen molar-refractivity contribution >= 4 is 54.9 Å². The Morgan fingerprint density at radius 1 is 1.21 bits per heavy atom. The molecule has 1 amide bonds. The number of para-hydroxylation sites is 1. The number of primary amides is 1. The molecule has 4 rings (SSSR count). The van der Waals surface area contributed by atoms with E-state index >= 15 is 0 Å². The van der Waals surface area contributed by atoms with Crippen molar-refractivity contribution in [1.29, 1.82) is 0 Å². The van der Waals surface area contributed by atoms with Crippen molar-refractivity contribution in [3.05, 3.63) is 69.0 Å². The van der Waals surface area contributed by atoms with Gasteiger partial charge in [-0.05, 0) is 74.7 Å². The van der Waals surface area contributed by atoms with Crippen LogP contribution in [0.1, 0.15) is 5.56 Å². The zero-order valence-corrected chi connectivity index (χ0v) is 20.8. The lowest BCUT2D eigenvalue weighted by Gasteiger charge is -2.17. The summed E-state index contributed by atoms with van der Waals surface area (Å²) in [5, 5.41) is 3.37. The third-order valence-electron chi connectivity index (χ3n) is 4.90. The summed E-state index contributed by atoms with van der Waals surface area (Å²) in [6.45, 7) is 1.55. The van der Waals surface area contributed by atoms with E-state index in [1.165, 1.54) is 19.4 Å². The van der Waals surface area contributed by atoms with Gasteiger partial charge in [-0.25, -0.2) is 9.37 Å². The van der Waals surface area contributed by atoms with Crippen LogP contribution < -0.4 is 20.5 Å². The highest BCUT2D eigenvalue weighted by Crippen LogP contribution is 2.43. The Labute approximate surface area is 206 Å². The second-order valence-electron chi connectivity index (χ2n) is 7.18. The number of hydrogen-bond acceptors (Lipinski definition) is 5. The predicted molar refractivity (Wildman–Crippen MR) is 132 cm³/mol. The van der Waals surface area contributed by atoms with Gasteiger partial charge in [-0.1, -0.05) is 6.07 Å². The molecule has 0 aliphatic heterocycles. The Balaban J connectivity index is 1.98. The smallest absolute Gasteiger partial charge is 0.255 e. The molecule has 0 atom stereocenters. The summed E-state index contributed by atoms with van der Waals surface area (Å²) in [4.78, 5) is 16.2. The van der Waals surface area contributed by atoms with E-state index in [-0.39, 0.29) is 6.61 Å². The largest absolute Gasteiger partial charge is 0.497 e. The summed E-state index contributed by atoms with van der Waals surface area (Å²) in [5.41, 5.74) is 8.46. The number of nitrogens with zero attached hydrogens (tertiary/aromatic N) is 2. The number of carbonyl (C=O) groups is 1. The number of anilines is 2. The number of methoxy groups -OCH3 is 1. The van der Waals surface area contributed by atoms with Crippen molar-refractivity contribution in [2.75, 3.05) is 19.0 Å². The number of benzene rings is 2. The molecule has 7 nitrogen and oxygen atoms in total. The number of aryl methyl sites for hydroxylation is 1. The number of carbonyl (C=O) groups excluding carboxylic acids is 1. The van der Waals surface area contributed by atoms with Gasteiger partial charge < -0.3 is 20.5 Å². The first kappa shape index (κ1) is 23.1. The number of rotatable bonds is 7. The quantitative estimate of drug-likeness (QED) is 0.299. The van der Waals surface area contributed by atoms with Gasteiger partial charge in [-0.3, -0.25) is 9.20 Å². The number of nitrogens with one attached hydrogen (secondary N) is 1. The lowest BCUT2D eigenvalue weighted by atomic mass is 10.0. The lowest BCUT2D eigenvalue weighted by molar-refractivity contribution is -0.119. The number of pyridine rings is 1. The monoisotopic (exact) mass is 576 g/mol. The minimum absolute atomic E-state index is 0.319. The van der Waals surface area contributed by atoms with Gasteiger partial charge >= 0.3 is 0 Å². The van der Waals surface area contributed by atoms with Gasteiger partial charge in [0.05, 0.1) is 12.8 Å². The summed E-state index contributed by atoms with van der Waals surface area (Å²) in [5.74, 6) is 0.387. The number of ether oxygens (including phenoxy) is 2. The Morgan fingerprint density at radius 2 is 1.94 bits per heavy atom. The molecule has 2 aromatic heterocycles. The molecule has 0 saturated heterocycles. The third kappa shape index (κ3) is 4.67. The molecule has 0 aliphatic rings. The SMILES string of the molecule is COc1cc(C)c(-c2nc3ccc(F)cn3c2Nc2c(Br)cccc2Br)c(OCC(N)=O)c1. The van der Waals surface area contributed by atoms with E-state index in [0.717, 1.165) is 20.2 Å². The van der Waals surface area contributed by atoms with Crippen LogP contribution in [0.2, 0.25) is 0 Å². The third-order valence-corrected chi connectivity index (χ3v) is 6.23. The van der Waals surface area contributed by atoms with E-state index in [0.29, 0.717) is 34.2 Å². The highest BCUT2D eigenvalue weighted by atomic mass is 79.9. The first-order valence-electron chi connectivity index (χ1n) is 9.77. The lowest BCUT2D eigenvalue weighted by Crippen LogP contribution is -2.20. The molecule has 0 fully saturated rings. The van der Waals surface area contributed by atoms with Gasteiger partial charge in [0, 0.05) is 26.8 Å². The number of amides is 1. The summed E-state index contributed by atoms with van der Waals surface area (Å²) in [6, 6.07) is 12.1. The molecular weight excluding hydrogens is 559 g/mol. The number of imidazole rings is 1. The number of nitrogens with two attached hydrogens (primary N) is 1. The van der Waals surface area contributed by atoms with Crippen molar-refractivity contribution in [3.8, 4) is 22.8 Å². The fourth-order valence-electron chi connectivity index (χ4n) is 3.46. The van der Waals surface area contributed by atoms with Crippen LogP contribution >= 0.6 is 31.9 Å². The molecule has 0 unspecified atom stereocenters. The molecule has 2 aromatic carbocycles. The normalized spacial score (nSPS) is 10.9. The molecule has 0 saturated carbocycles. The minimum Gasteiger partial charge on any atom is -0.497 e. The summed E-state index contributed by atoms with van der Waals surface area (Å²) < 4.78 is 28.5. The maximum atomic E-state index is 14.2. The average Bonchev–Trinajstić information content (AvgIpc) is 3.11. The Morgan fingerprint density at radius 3 is 2.61 bits per heavy atom. The van der Waals surface area contributed by atoms with Crippen molar-refractivity contribution in [3.63, 3.8) is 0 Å². The van der Waals surface area contributed by atoms with Crippen molar-refractivity contribution in [2.45, 2.75) is 6.92 Å². The summed E-state index contributed by atoms with van der Waals surface area (Å²) >= 11 is 7.10. The van der Waals surface area contributed by atoms with Gasteiger partial charge in [-0.15, -0.1) is 0 Å². The summed E-state index contributed by atoms with van der Waals surface area (Å²) in [6.07, 6.45) is 1.35. The predicted octanol–water partition coefficient (Wildman–Crippen LogP) is 5.59. The second kappa shape index (κ2) is 9.40. The van der Waals surface area contributed by atoms with Crippen molar-refractivity contribution in [1.82, 2.24) is 9.38 Å². The van der Waals surface area contributed by atoms with Crippen LogP contribution in [0.4, 0.5) is 15.9 Å². The highest BCUT2D eigenvalue weighted by Gasteiger charge is 2.23. The Hall–Kier alpha value is -3.11. The highest BCUT2D eigenvalue weighted by molar-refractivity contribution is 9.11. The Kier molecular flexibility index (Phi) is 6.57. The van der Waals surface area contributed by atoms with Crippen LogP contribution in [0.3, 0.4) is 0 Å². The van der Waals surface area contributed by atoms with Crippen LogP contribution in [-0.2, 0) is 4.79 Å². The van der Waals surface area contributed by atoms with Crippen LogP contribution in [0.5, 0.6) is 11.5 Å². The number of halogens is 3. The van der Waals surface area contributed by atoms with E-state index in [9.17, 15) is 9.18 Å². The minimum atomic E-state index is -0.617.